The molecule has 6 heteroatoms. The maximum atomic E-state index is 5.72. The Kier molecular flexibility index (Phi) is 11.7. The average Bonchev–Trinajstić information content (AvgIpc) is 3.53. The SMILES string of the molecule is c1ccc([Si](c2ccccc2)(c2ccccc2)c2ccc(-c3nc(-c4cccc([Si](c5ccccc5)(c5ccccc5)c5ccccc5)c4)nc(N4c5ccccc5C5(c6ccccc64)C4CC6CC(C4)CC5C6)n3)cc2)cc1. The van der Waals surface area contributed by atoms with E-state index >= 15 is 0 Å². The van der Waals surface area contributed by atoms with E-state index in [0.717, 1.165) is 23.0 Å². The van der Waals surface area contributed by atoms with Crippen LogP contribution in [0, 0.1) is 23.7 Å². The molecule has 1 aromatic heterocycles. The van der Waals surface area contributed by atoms with Crippen LogP contribution in [0.4, 0.5) is 17.3 Å². The third-order valence-electron chi connectivity index (χ3n) is 18.8. The lowest BCUT2D eigenvalue weighted by Gasteiger charge is -2.64. The summed E-state index contributed by atoms with van der Waals surface area (Å²) in [5, 5.41) is 10.5. The van der Waals surface area contributed by atoms with Crippen molar-refractivity contribution < 1.29 is 0 Å². The summed E-state index contributed by atoms with van der Waals surface area (Å²) in [5.74, 6) is 4.83. The third-order valence-corrected chi connectivity index (χ3v) is 28.4. The van der Waals surface area contributed by atoms with Crippen LogP contribution < -0.4 is 46.4 Å². The second-order valence-corrected chi connectivity index (χ2v) is 30.3. The lowest BCUT2D eigenvalue weighted by molar-refractivity contribution is -0.0419. The fourth-order valence-corrected chi connectivity index (χ4v) is 25.5. The minimum absolute atomic E-state index is 0.0487. The number of benzene rings is 10. The standard InChI is InChI=1S/C73H60N4Si2/c1-7-25-58(26-8-1)78(59-27-9-2-10-28-59,60-29-11-3-12-30-60)64-44-42-54(43-45-64)70-74-71(55-24-23-37-65(51-55)79(61-31-13-4-14-32-61,62-33-15-5-16-34-62)63-35-17-6-18-36-63)76-72(75-70)77-68-40-21-19-38-66(68)73(67-39-20-22-41-69(67)77)56-47-52-46-53(49-56)50-57(73)48-52/h1-45,51-53,56-57H,46-50H2. The molecule has 5 aliphatic rings. The molecule has 0 saturated heterocycles. The van der Waals surface area contributed by atoms with Gasteiger partial charge in [-0.25, -0.2) is 4.98 Å². The summed E-state index contributed by atoms with van der Waals surface area (Å²) in [6, 6.07) is 104. The Morgan fingerprint density at radius 2 is 0.646 bits per heavy atom. The lowest BCUT2D eigenvalue weighted by Crippen LogP contribution is -2.74. The summed E-state index contributed by atoms with van der Waals surface area (Å²) >= 11 is 0. The van der Waals surface area contributed by atoms with Crippen molar-refractivity contribution in [2.24, 2.45) is 23.7 Å². The number of aromatic nitrogens is 3. The van der Waals surface area contributed by atoms with Crippen molar-refractivity contribution in [1.82, 2.24) is 15.0 Å². The number of hydrogen-bond donors (Lipinski definition) is 0. The maximum absolute atomic E-state index is 5.72. The highest BCUT2D eigenvalue weighted by Gasteiger charge is 2.61. The van der Waals surface area contributed by atoms with Crippen LogP contribution in [0.15, 0.2) is 279 Å². The first kappa shape index (κ1) is 47.6. The second kappa shape index (κ2) is 19.4. The van der Waals surface area contributed by atoms with Gasteiger partial charge in [0.25, 0.3) is 0 Å². The van der Waals surface area contributed by atoms with E-state index in [9.17, 15) is 0 Å². The monoisotopic (exact) mass is 1050 g/mol. The Bertz CT molecular complexity index is 3700. The average molecular weight is 1050 g/mol. The van der Waals surface area contributed by atoms with Gasteiger partial charge >= 0.3 is 0 Å². The normalized spacial score (nSPS) is 18.7. The van der Waals surface area contributed by atoms with Crippen LogP contribution in [-0.4, -0.2) is 31.1 Å². The summed E-state index contributed by atoms with van der Waals surface area (Å²) < 4.78 is 0. The van der Waals surface area contributed by atoms with Crippen molar-refractivity contribution in [3.63, 3.8) is 0 Å². The number of hydrogen-bond acceptors (Lipinski definition) is 4. The van der Waals surface area contributed by atoms with Gasteiger partial charge in [0.1, 0.15) is 0 Å². The minimum Gasteiger partial charge on any atom is -0.278 e. The van der Waals surface area contributed by atoms with Crippen LogP contribution in [-0.2, 0) is 5.41 Å². The van der Waals surface area contributed by atoms with Gasteiger partial charge < -0.3 is 0 Å². The summed E-state index contributed by atoms with van der Waals surface area (Å²) in [6.45, 7) is 0. The largest absolute Gasteiger partial charge is 0.278 e. The zero-order chi connectivity index (χ0) is 52.4. The predicted molar refractivity (Wildman–Crippen MR) is 330 cm³/mol. The van der Waals surface area contributed by atoms with Crippen LogP contribution in [0.3, 0.4) is 0 Å². The van der Waals surface area contributed by atoms with Crippen molar-refractivity contribution in [3.05, 3.63) is 290 Å². The topological polar surface area (TPSA) is 41.9 Å². The number of para-hydroxylation sites is 2. The zero-order valence-corrected chi connectivity index (χ0v) is 46.2. The highest BCUT2D eigenvalue weighted by molar-refractivity contribution is 7.20. The van der Waals surface area contributed by atoms with E-state index in [1.54, 1.807) is 0 Å². The van der Waals surface area contributed by atoms with E-state index in [4.69, 9.17) is 15.0 Å². The summed E-state index contributed by atoms with van der Waals surface area (Å²) in [4.78, 5) is 19.4. The molecular formula is C73H60N4Si2. The Labute approximate surface area is 466 Å². The van der Waals surface area contributed by atoms with E-state index in [0.29, 0.717) is 29.4 Å². The highest BCUT2D eigenvalue weighted by atomic mass is 28.3. The molecule has 4 fully saturated rings. The second-order valence-electron chi connectivity index (χ2n) is 22.7. The molecule has 4 bridgehead atoms. The van der Waals surface area contributed by atoms with Crippen LogP contribution in [0.25, 0.3) is 22.8 Å². The fraction of sp³-hybridized carbons (Fsp3) is 0.137. The van der Waals surface area contributed by atoms with E-state index in [-0.39, 0.29) is 5.41 Å². The van der Waals surface area contributed by atoms with Crippen LogP contribution in [0.5, 0.6) is 0 Å². The molecule has 0 amide bonds. The van der Waals surface area contributed by atoms with Crippen molar-refractivity contribution in [1.29, 1.82) is 0 Å². The molecule has 0 atom stereocenters. The van der Waals surface area contributed by atoms with Gasteiger partial charge in [0.05, 0.1) is 11.4 Å². The van der Waals surface area contributed by atoms with E-state index < -0.39 is 16.1 Å². The molecule has 1 spiro atoms. The first-order chi connectivity index (χ1) is 39.1. The molecule has 4 aliphatic carbocycles. The Morgan fingerprint density at radius 1 is 0.304 bits per heavy atom. The first-order valence-electron chi connectivity index (χ1n) is 28.4. The quantitative estimate of drug-likeness (QED) is 0.0956. The van der Waals surface area contributed by atoms with Crippen molar-refractivity contribution >= 4 is 75.0 Å². The molecule has 4 nitrogen and oxygen atoms in total. The maximum Gasteiger partial charge on any atom is 0.238 e. The molecular weight excluding hydrogens is 989 g/mol. The van der Waals surface area contributed by atoms with Crippen molar-refractivity contribution in [2.75, 3.05) is 4.90 Å². The van der Waals surface area contributed by atoms with E-state index in [2.05, 4.69) is 284 Å². The van der Waals surface area contributed by atoms with Gasteiger partial charge in [0, 0.05) is 16.5 Å². The molecule has 0 unspecified atom stereocenters. The first-order valence-corrected chi connectivity index (χ1v) is 32.4. The molecule has 0 radical (unpaired) electrons. The van der Waals surface area contributed by atoms with Gasteiger partial charge in [0.15, 0.2) is 27.8 Å². The van der Waals surface area contributed by atoms with Crippen LogP contribution in [0.2, 0.25) is 0 Å². The minimum atomic E-state index is -2.90. The number of nitrogens with zero attached hydrogens (tertiary/aromatic N) is 4. The van der Waals surface area contributed by atoms with E-state index in [1.807, 2.05) is 0 Å². The molecule has 4 saturated carbocycles. The van der Waals surface area contributed by atoms with Crippen LogP contribution >= 0.6 is 0 Å². The third kappa shape index (κ3) is 7.48. The number of anilines is 3. The summed E-state index contributed by atoms with van der Waals surface area (Å²) in [7, 11) is -5.71. The van der Waals surface area contributed by atoms with Gasteiger partial charge in [-0.2, -0.15) is 9.97 Å². The predicted octanol–water partition coefficient (Wildman–Crippen LogP) is 11.5. The molecule has 11 aromatic rings. The van der Waals surface area contributed by atoms with E-state index in [1.165, 1.54) is 96.1 Å². The van der Waals surface area contributed by atoms with Gasteiger partial charge in [0.2, 0.25) is 5.95 Å². The lowest BCUT2D eigenvalue weighted by atomic mass is 9.41. The molecule has 16 rings (SSSR count). The summed E-state index contributed by atoms with van der Waals surface area (Å²) in [6.07, 6.45) is 6.65. The fourth-order valence-electron chi connectivity index (χ4n) is 15.9. The molecule has 10 aromatic carbocycles. The van der Waals surface area contributed by atoms with Gasteiger partial charge in [-0.3, -0.25) is 4.90 Å². The zero-order valence-electron chi connectivity index (χ0n) is 44.2. The van der Waals surface area contributed by atoms with Gasteiger partial charge in [-0.05, 0) is 121 Å². The Morgan fingerprint density at radius 3 is 1.06 bits per heavy atom. The highest BCUT2D eigenvalue weighted by Crippen LogP contribution is 2.69. The molecule has 0 N–H and O–H groups in total. The Balaban J connectivity index is 0.954. The van der Waals surface area contributed by atoms with Crippen molar-refractivity contribution in [3.8, 4) is 22.8 Å². The van der Waals surface area contributed by atoms with Gasteiger partial charge in [-0.15, -0.1) is 0 Å². The molecule has 2 heterocycles. The molecule has 1 aliphatic heterocycles. The summed E-state index contributed by atoms with van der Waals surface area (Å²) in [5.41, 5.74) is 7.10. The van der Waals surface area contributed by atoms with Crippen molar-refractivity contribution in [2.45, 2.75) is 37.5 Å². The number of fused-ring (bicyclic) bond motifs is 2. The molecule has 380 valence electrons. The van der Waals surface area contributed by atoms with Crippen LogP contribution in [0.1, 0.15) is 43.2 Å². The number of rotatable bonds is 11. The van der Waals surface area contributed by atoms with Gasteiger partial charge in [-0.1, -0.05) is 267 Å². The smallest absolute Gasteiger partial charge is 0.238 e. The molecule has 79 heavy (non-hydrogen) atoms. The Hall–Kier alpha value is -8.56.